The Kier molecular flexibility index (Phi) is 13.7. The molecule has 14 nitrogen and oxygen atoms in total. The summed E-state index contributed by atoms with van der Waals surface area (Å²) in [6.07, 6.45) is -5.71. The van der Waals surface area contributed by atoms with Crippen molar-refractivity contribution in [3.05, 3.63) is 90.0 Å². The molecule has 1 aliphatic rings. The summed E-state index contributed by atoms with van der Waals surface area (Å²) < 4.78 is 37.3. The summed E-state index contributed by atoms with van der Waals surface area (Å²) in [5.74, 6) is -5.45. The molecule has 0 aliphatic heterocycles. The second-order valence-corrected chi connectivity index (χ2v) is 12.4. The number of anilines is 1. The predicted molar refractivity (Wildman–Crippen MR) is 183 cm³/mol. The number of nitrogens with one attached hydrogen (secondary N) is 5. The van der Waals surface area contributed by atoms with Gasteiger partial charge in [0.15, 0.2) is 0 Å². The first kappa shape index (κ1) is 40.3. The average molecular weight is 729 g/mol. The van der Waals surface area contributed by atoms with Crippen LogP contribution >= 0.6 is 0 Å². The van der Waals surface area contributed by atoms with Gasteiger partial charge in [0.1, 0.15) is 12.6 Å². The number of benzene rings is 3. The Balaban J connectivity index is 0.000000944. The number of nitrogens with zero attached hydrogens (tertiary/aromatic N) is 1. The van der Waals surface area contributed by atoms with Crippen molar-refractivity contribution in [2.24, 2.45) is 0 Å². The first-order valence-electron chi connectivity index (χ1n) is 15.8. The van der Waals surface area contributed by atoms with E-state index >= 15 is 0 Å². The van der Waals surface area contributed by atoms with Crippen molar-refractivity contribution in [2.45, 2.75) is 51.4 Å². The van der Waals surface area contributed by atoms with Crippen LogP contribution in [0.1, 0.15) is 44.7 Å². The fourth-order valence-electron chi connectivity index (χ4n) is 4.89. The van der Waals surface area contributed by atoms with Crippen LogP contribution in [0.3, 0.4) is 0 Å². The summed E-state index contributed by atoms with van der Waals surface area (Å²) in [4.78, 5) is 72.6. The van der Waals surface area contributed by atoms with E-state index in [1.54, 1.807) is 51.1 Å². The predicted octanol–water partition coefficient (Wildman–Crippen LogP) is 3.83. The third-order valence-electron chi connectivity index (χ3n) is 7.23. The number of ether oxygens (including phenoxy) is 1. The van der Waals surface area contributed by atoms with Gasteiger partial charge >= 0.3 is 36.1 Å². The quantitative estimate of drug-likeness (QED) is 0.149. The molecular weight excluding hydrogens is 689 g/mol. The molecule has 278 valence electrons. The molecule has 1 aliphatic carbocycles. The van der Waals surface area contributed by atoms with E-state index in [9.17, 15) is 37.1 Å². The van der Waals surface area contributed by atoms with Gasteiger partial charge in [0.05, 0.1) is 0 Å². The zero-order valence-corrected chi connectivity index (χ0v) is 28.7. The number of hydrogen-bond donors (Lipinski definition) is 6. The van der Waals surface area contributed by atoms with Crippen LogP contribution in [0.5, 0.6) is 0 Å². The smallest absolute Gasteiger partial charge is 0.475 e. The van der Waals surface area contributed by atoms with Crippen LogP contribution in [-0.2, 0) is 23.9 Å². The molecule has 52 heavy (non-hydrogen) atoms. The van der Waals surface area contributed by atoms with Gasteiger partial charge in [0, 0.05) is 30.2 Å². The molecular formula is C35H39F3N6O8. The van der Waals surface area contributed by atoms with Gasteiger partial charge in [0.25, 0.3) is 5.91 Å². The number of alkyl carbamates (subject to hydrolysis) is 1. The van der Waals surface area contributed by atoms with Crippen LogP contribution in [0.2, 0.25) is 0 Å². The number of amides is 6. The number of urea groups is 1. The maximum absolute atomic E-state index is 13.1. The van der Waals surface area contributed by atoms with Gasteiger partial charge in [-0.05, 0) is 62.1 Å². The molecule has 1 atom stereocenters. The monoisotopic (exact) mass is 728 g/mol. The highest BCUT2D eigenvalue weighted by molar-refractivity contribution is 6.35. The Bertz CT molecular complexity index is 1720. The Hall–Kier alpha value is -6.13. The summed E-state index contributed by atoms with van der Waals surface area (Å²) in [5, 5.41) is 14.6. The van der Waals surface area contributed by atoms with Crippen LogP contribution in [0, 0.1) is 0 Å². The third-order valence-corrected chi connectivity index (χ3v) is 7.23. The number of aliphatic carboxylic acids is 1. The number of carboxylic acid groups (broad SMARTS) is 1. The number of carbonyl (C=O) groups is 6. The zero-order valence-electron chi connectivity index (χ0n) is 28.7. The fraction of sp³-hybridized carbons (Fsp3) is 0.314. The van der Waals surface area contributed by atoms with E-state index in [1.165, 1.54) is 11.8 Å². The number of halogens is 3. The summed E-state index contributed by atoms with van der Waals surface area (Å²) in [6, 6.07) is 23.0. The van der Waals surface area contributed by atoms with E-state index in [2.05, 4.69) is 38.9 Å². The molecule has 0 heterocycles. The molecule has 6 N–H and O–H groups in total. The Morgan fingerprint density at radius 3 is 1.85 bits per heavy atom. The standard InChI is InChI=1S/C33H38N6O6.C2HF3O2/c1-21(35-29(41)30(42)36-33(2,3)4)28(40)37-38-31(43)39(22-12-6-5-7-13-22)19-18-34-32(44)45-20-27-25-16-10-8-14-23(25)24-15-9-11-17-26(24)27;3-2(4,5)1(6)7/h5-17,21,27H,18-20H2,1-4H3,(H,34,44)(H,35,41)(H,36,42)(H,37,40)(H,38,43);(H,6,7)/t21-;/m0./s1. The molecule has 0 unspecified atom stereocenters. The van der Waals surface area contributed by atoms with Gasteiger partial charge in [-0.1, -0.05) is 66.7 Å². The lowest BCUT2D eigenvalue weighted by Crippen LogP contribution is -2.57. The molecule has 0 saturated carbocycles. The summed E-state index contributed by atoms with van der Waals surface area (Å²) in [7, 11) is 0. The number of alkyl halides is 3. The van der Waals surface area contributed by atoms with Crippen molar-refractivity contribution in [2.75, 3.05) is 24.6 Å². The zero-order chi connectivity index (χ0) is 38.6. The first-order valence-corrected chi connectivity index (χ1v) is 15.8. The SMILES string of the molecule is C[C@H](NC(=O)C(=O)NC(C)(C)C)C(=O)NNC(=O)N(CCNC(=O)OCC1c2ccccc2-c2ccccc21)c1ccccc1.O=C(O)C(F)(F)F. The van der Waals surface area contributed by atoms with Crippen molar-refractivity contribution < 1.29 is 51.8 Å². The number of rotatable bonds is 8. The number of hydrazine groups is 1. The normalized spacial score (nSPS) is 12.4. The Morgan fingerprint density at radius 2 is 1.33 bits per heavy atom. The highest BCUT2D eigenvalue weighted by Crippen LogP contribution is 2.44. The number of para-hydroxylation sites is 1. The molecule has 3 aromatic carbocycles. The largest absolute Gasteiger partial charge is 0.490 e. The Morgan fingerprint density at radius 1 is 0.808 bits per heavy atom. The van der Waals surface area contributed by atoms with Gasteiger partial charge < -0.3 is 25.8 Å². The lowest BCUT2D eigenvalue weighted by atomic mass is 9.98. The number of carbonyl (C=O) groups excluding carboxylic acids is 5. The third kappa shape index (κ3) is 11.7. The molecule has 0 radical (unpaired) electrons. The van der Waals surface area contributed by atoms with Crippen molar-refractivity contribution in [3.8, 4) is 11.1 Å². The van der Waals surface area contributed by atoms with Crippen molar-refractivity contribution in [1.29, 1.82) is 0 Å². The van der Waals surface area contributed by atoms with Crippen molar-refractivity contribution in [1.82, 2.24) is 26.8 Å². The molecule has 6 amide bonds. The van der Waals surface area contributed by atoms with Gasteiger partial charge in [-0.2, -0.15) is 13.2 Å². The number of fused-ring (bicyclic) bond motifs is 3. The highest BCUT2D eigenvalue weighted by atomic mass is 19.4. The maximum atomic E-state index is 13.1. The van der Waals surface area contributed by atoms with Gasteiger partial charge in [-0.15, -0.1) is 0 Å². The fourth-order valence-corrected chi connectivity index (χ4v) is 4.89. The summed E-state index contributed by atoms with van der Waals surface area (Å²) in [6.45, 7) is 6.79. The van der Waals surface area contributed by atoms with E-state index in [-0.39, 0.29) is 25.6 Å². The molecule has 0 spiro atoms. The highest BCUT2D eigenvalue weighted by Gasteiger charge is 2.38. The molecule has 0 bridgehead atoms. The van der Waals surface area contributed by atoms with E-state index in [4.69, 9.17) is 14.6 Å². The van der Waals surface area contributed by atoms with Gasteiger partial charge in [-0.3, -0.25) is 24.7 Å². The Labute approximate surface area is 297 Å². The van der Waals surface area contributed by atoms with E-state index in [0.29, 0.717) is 5.69 Å². The minimum Gasteiger partial charge on any atom is -0.475 e. The number of carboxylic acids is 1. The lowest BCUT2D eigenvalue weighted by molar-refractivity contribution is -0.192. The molecule has 0 aromatic heterocycles. The molecule has 0 saturated heterocycles. The van der Waals surface area contributed by atoms with Crippen LogP contribution in [0.4, 0.5) is 28.4 Å². The van der Waals surface area contributed by atoms with E-state index in [0.717, 1.165) is 22.3 Å². The first-order chi connectivity index (χ1) is 24.4. The minimum absolute atomic E-state index is 0.0508. The summed E-state index contributed by atoms with van der Waals surface area (Å²) >= 11 is 0. The van der Waals surface area contributed by atoms with Crippen LogP contribution in [-0.4, -0.2) is 78.4 Å². The average Bonchev–Trinajstić information content (AvgIpc) is 3.40. The lowest BCUT2D eigenvalue weighted by Gasteiger charge is -2.24. The minimum atomic E-state index is -5.08. The van der Waals surface area contributed by atoms with Crippen LogP contribution in [0.15, 0.2) is 78.9 Å². The van der Waals surface area contributed by atoms with Gasteiger partial charge in [-0.25, -0.2) is 19.8 Å². The van der Waals surface area contributed by atoms with Gasteiger partial charge in [0.2, 0.25) is 0 Å². The second-order valence-electron chi connectivity index (χ2n) is 12.4. The van der Waals surface area contributed by atoms with E-state index in [1.807, 2.05) is 36.4 Å². The van der Waals surface area contributed by atoms with Crippen molar-refractivity contribution >= 4 is 41.5 Å². The van der Waals surface area contributed by atoms with Crippen molar-refractivity contribution in [3.63, 3.8) is 0 Å². The molecule has 0 fully saturated rings. The van der Waals surface area contributed by atoms with Crippen LogP contribution in [0.25, 0.3) is 11.1 Å². The molecule has 4 rings (SSSR count). The van der Waals surface area contributed by atoms with E-state index < -0.39 is 53.6 Å². The molecule has 3 aromatic rings. The molecule has 17 heteroatoms. The topological polar surface area (TPSA) is 195 Å². The number of hydrogen-bond acceptors (Lipinski definition) is 7. The van der Waals surface area contributed by atoms with Crippen LogP contribution < -0.4 is 31.7 Å². The second kappa shape index (κ2) is 17.7. The summed E-state index contributed by atoms with van der Waals surface area (Å²) in [5.41, 5.74) is 8.90. The maximum Gasteiger partial charge on any atom is 0.490 e.